The van der Waals surface area contributed by atoms with Crippen molar-refractivity contribution in [3.05, 3.63) is 59.7 Å². The summed E-state index contributed by atoms with van der Waals surface area (Å²) in [6.07, 6.45) is 0. The van der Waals surface area contributed by atoms with Crippen LogP contribution >= 0.6 is 0 Å². The van der Waals surface area contributed by atoms with Crippen LogP contribution in [0.15, 0.2) is 42.5 Å². The Hall–Kier alpha value is -2.29. The van der Waals surface area contributed by atoms with E-state index in [1.165, 1.54) is 6.07 Å². The Kier molecular flexibility index (Phi) is 4.84. The molecule has 8 heteroatoms. The van der Waals surface area contributed by atoms with Crippen LogP contribution in [0.1, 0.15) is 38.1 Å². The molecule has 0 radical (unpaired) electrons. The number of halogens is 2. The molecule has 1 fully saturated rings. The quantitative estimate of drug-likeness (QED) is 0.388. The van der Waals surface area contributed by atoms with E-state index in [1.807, 2.05) is 27.7 Å². The topological polar surface area (TPSA) is 64.8 Å². The monoisotopic (exact) mass is 374 g/mol. The Labute approximate surface area is 157 Å². The van der Waals surface area contributed by atoms with E-state index in [-0.39, 0.29) is 5.69 Å². The predicted octanol–water partition coefficient (Wildman–Crippen LogP) is 2.78. The van der Waals surface area contributed by atoms with Gasteiger partial charge in [-0.3, -0.25) is 4.79 Å². The van der Waals surface area contributed by atoms with Gasteiger partial charge < -0.3 is 9.31 Å². The molecule has 1 aliphatic rings. The average molecular weight is 374 g/mol. The van der Waals surface area contributed by atoms with E-state index in [9.17, 15) is 13.6 Å². The summed E-state index contributed by atoms with van der Waals surface area (Å²) in [5.41, 5.74) is -0.628. The van der Waals surface area contributed by atoms with Gasteiger partial charge in [0.1, 0.15) is 17.2 Å². The van der Waals surface area contributed by atoms with Gasteiger partial charge in [-0.2, -0.15) is 0 Å². The molecule has 0 atom stereocenters. The predicted molar refractivity (Wildman–Crippen MR) is 99.5 cm³/mol. The van der Waals surface area contributed by atoms with E-state index in [2.05, 4.69) is 0 Å². The van der Waals surface area contributed by atoms with Crippen LogP contribution in [0.25, 0.3) is 0 Å². The lowest BCUT2D eigenvalue weighted by Crippen LogP contribution is -2.41. The second-order valence-corrected chi connectivity index (χ2v) is 7.45. The summed E-state index contributed by atoms with van der Waals surface area (Å²) < 4.78 is 39.6. The number of benzene rings is 2. The van der Waals surface area contributed by atoms with Gasteiger partial charge in [-0.05, 0) is 57.4 Å². The van der Waals surface area contributed by atoms with Gasteiger partial charge in [0.15, 0.2) is 0 Å². The molecule has 0 aromatic heterocycles. The molecule has 1 aliphatic heterocycles. The Morgan fingerprint density at radius 3 is 1.93 bits per heavy atom. The molecule has 0 aliphatic carbocycles. The van der Waals surface area contributed by atoms with Crippen LogP contribution in [0.2, 0.25) is 0 Å². The summed E-state index contributed by atoms with van der Waals surface area (Å²) in [7, 11) is -0.560. The van der Waals surface area contributed by atoms with Crippen LogP contribution in [0, 0.1) is 11.6 Å². The first-order valence-electron chi connectivity index (χ1n) is 8.52. The summed E-state index contributed by atoms with van der Waals surface area (Å²) in [6.45, 7) is 7.80. The number of amides is 1. The molecule has 0 bridgehead atoms. The highest BCUT2D eigenvalue weighted by Gasteiger charge is 2.51. The zero-order chi connectivity index (χ0) is 20.0. The summed E-state index contributed by atoms with van der Waals surface area (Å²) in [6, 6.07) is 9.72. The van der Waals surface area contributed by atoms with E-state index >= 15 is 0 Å². The van der Waals surface area contributed by atoms with Crippen LogP contribution in [-0.2, 0) is 9.31 Å². The fraction of sp³-hybridized carbons (Fsp3) is 0.316. The number of nitrogens with two attached hydrogens (primary N) is 1. The third-order valence-corrected chi connectivity index (χ3v) is 5.09. The van der Waals surface area contributed by atoms with Crippen molar-refractivity contribution in [3.8, 4) is 0 Å². The molecule has 0 saturated carbocycles. The first-order chi connectivity index (χ1) is 12.5. The van der Waals surface area contributed by atoms with E-state index in [0.29, 0.717) is 5.01 Å². The molecule has 3 rings (SSSR count). The third kappa shape index (κ3) is 3.48. The largest absolute Gasteiger partial charge is 0.494 e. The maximum absolute atomic E-state index is 13.8. The molecule has 2 aromatic rings. The lowest BCUT2D eigenvalue weighted by molar-refractivity contribution is 0.00578. The zero-order valence-corrected chi connectivity index (χ0v) is 15.6. The summed E-state index contributed by atoms with van der Waals surface area (Å²) in [4.78, 5) is 12.4. The van der Waals surface area contributed by atoms with Crippen molar-refractivity contribution in [2.45, 2.75) is 38.9 Å². The van der Waals surface area contributed by atoms with Gasteiger partial charge in [-0.1, -0.05) is 18.2 Å². The van der Waals surface area contributed by atoms with E-state index < -0.39 is 41.4 Å². The second-order valence-electron chi connectivity index (χ2n) is 7.45. The minimum Gasteiger partial charge on any atom is -0.399 e. The molecule has 2 aromatic carbocycles. The maximum Gasteiger partial charge on any atom is 0.494 e. The number of hydrogen-bond donors (Lipinski definition) is 1. The minimum absolute atomic E-state index is 0.280. The smallest absolute Gasteiger partial charge is 0.399 e. The van der Waals surface area contributed by atoms with Gasteiger partial charge in [0, 0.05) is 0 Å². The average Bonchev–Trinajstić information content (AvgIpc) is 2.82. The van der Waals surface area contributed by atoms with E-state index in [0.717, 1.165) is 17.6 Å². The van der Waals surface area contributed by atoms with Crippen LogP contribution in [-0.4, -0.2) is 24.2 Å². The standard InChI is InChI=1S/C19H21BF2N2O3/c1-18(2)19(3,4)27-20(26-18)12-8-10-13(11-9-12)24(23)17(25)16-14(21)6-5-7-15(16)22/h5-11H,23H2,1-4H3. The highest BCUT2D eigenvalue weighted by Crippen LogP contribution is 2.36. The molecule has 2 N–H and O–H groups in total. The SMILES string of the molecule is CC1(C)OB(c2ccc(N(N)C(=O)c3c(F)cccc3F)cc2)OC1(C)C. The van der Waals surface area contributed by atoms with Crippen molar-refractivity contribution >= 4 is 24.2 Å². The van der Waals surface area contributed by atoms with Crippen molar-refractivity contribution in [2.75, 3.05) is 5.01 Å². The number of nitrogens with zero attached hydrogens (tertiary/aromatic N) is 1. The van der Waals surface area contributed by atoms with Gasteiger partial charge in [0.05, 0.1) is 16.9 Å². The van der Waals surface area contributed by atoms with Crippen LogP contribution in [0.4, 0.5) is 14.5 Å². The van der Waals surface area contributed by atoms with Gasteiger partial charge in [-0.15, -0.1) is 0 Å². The molecular formula is C19H21BF2N2O3. The Bertz CT molecular complexity index is 836. The fourth-order valence-corrected chi connectivity index (χ4v) is 2.71. The number of anilines is 1. The molecule has 0 spiro atoms. The molecule has 5 nitrogen and oxygen atoms in total. The van der Waals surface area contributed by atoms with Crippen molar-refractivity contribution in [2.24, 2.45) is 5.84 Å². The van der Waals surface area contributed by atoms with Crippen LogP contribution in [0.5, 0.6) is 0 Å². The summed E-state index contributed by atoms with van der Waals surface area (Å²) in [5.74, 6) is 2.87. The van der Waals surface area contributed by atoms with Crippen LogP contribution < -0.4 is 16.3 Å². The number of hydrogen-bond acceptors (Lipinski definition) is 4. The van der Waals surface area contributed by atoms with Crippen molar-refractivity contribution in [1.29, 1.82) is 0 Å². The maximum atomic E-state index is 13.8. The first-order valence-corrected chi connectivity index (χ1v) is 8.52. The summed E-state index contributed by atoms with van der Waals surface area (Å²) in [5, 5.41) is 0.704. The van der Waals surface area contributed by atoms with Gasteiger partial charge in [0.2, 0.25) is 0 Å². The number of rotatable bonds is 3. The molecule has 1 amide bonds. The Balaban J connectivity index is 1.81. The third-order valence-electron chi connectivity index (χ3n) is 5.09. The number of carbonyl (C=O) groups is 1. The molecular weight excluding hydrogens is 353 g/mol. The minimum atomic E-state index is -0.978. The van der Waals surface area contributed by atoms with Crippen molar-refractivity contribution in [1.82, 2.24) is 0 Å². The van der Waals surface area contributed by atoms with E-state index in [1.54, 1.807) is 24.3 Å². The lowest BCUT2D eigenvalue weighted by Gasteiger charge is -2.32. The van der Waals surface area contributed by atoms with Crippen LogP contribution in [0.3, 0.4) is 0 Å². The van der Waals surface area contributed by atoms with Crippen molar-refractivity contribution < 1.29 is 22.9 Å². The normalized spacial score (nSPS) is 17.8. The lowest BCUT2D eigenvalue weighted by atomic mass is 9.79. The Morgan fingerprint density at radius 1 is 0.963 bits per heavy atom. The summed E-state index contributed by atoms with van der Waals surface area (Å²) >= 11 is 0. The van der Waals surface area contributed by atoms with Gasteiger partial charge in [0.25, 0.3) is 5.91 Å². The highest BCUT2D eigenvalue weighted by molar-refractivity contribution is 6.62. The fourth-order valence-electron chi connectivity index (χ4n) is 2.71. The molecule has 27 heavy (non-hydrogen) atoms. The molecule has 142 valence electrons. The van der Waals surface area contributed by atoms with Gasteiger partial charge >= 0.3 is 7.12 Å². The number of carbonyl (C=O) groups excluding carboxylic acids is 1. The molecule has 1 saturated heterocycles. The molecule has 1 heterocycles. The number of hydrazine groups is 1. The van der Waals surface area contributed by atoms with Gasteiger partial charge in [-0.25, -0.2) is 19.6 Å². The highest BCUT2D eigenvalue weighted by atomic mass is 19.1. The first kappa shape index (κ1) is 19.5. The van der Waals surface area contributed by atoms with Crippen molar-refractivity contribution in [3.63, 3.8) is 0 Å². The van der Waals surface area contributed by atoms with E-state index in [4.69, 9.17) is 15.2 Å². The second kappa shape index (κ2) is 6.71. The Morgan fingerprint density at radius 2 is 1.44 bits per heavy atom. The molecule has 0 unspecified atom stereocenters. The zero-order valence-electron chi connectivity index (χ0n) is 15.6.